The third-order valence-corrected chi connectivity index (χ3v) is 4.24. The van der Waals surface area contributed by atoms with E-state index in [-0.39, 0.29) is 0 Å². The summed E-state index contributed by atoms with van der Waals surface area (Å²) in [4.78, 5) is 26.4. The van der Waals surface area contributed by atoms with Gasteiger partial charge in [0.25, 0.3) is 0 Å². The fourth-order valence-corrected chi connectivity index (χ4v) is 3.06. The molecular weight excluding hydrogens is 358 g/mol. The first-order valence-electron chi connectivity index (χ1n) is 7.48. The highest BCUT2D eigenvalue weighted by atomic mass is 32.2. The first-order valence-corrected chi connectivity index (χ1v) is 8.30. The first-order chi connectivity index (χ1) is 12.5. The van der Waals surface area contributed by atoms with Gasteiger partial charge < -0.3 is 19.0 Å². The molecule has 8 nitrogen and oxygen atoms in total. The molecule has 9 heteroatoms. The van der Waals surface area contributed by atoms with Crippen molar-refractivity contribution in [3.05, 3.63) is 35.4 Å². The van der Waals surface area contributed by atoms with Crippen LogP contribution in [-0.4, -0.2) is 50.1 Å². The van der Waals surface area contributed by atoms with Gasteiger partial charge in [0.1, 0.15) is 7.11 Å². The van der Waals surface area contributed by atoms with Crippen LogP contribution in [-0.2, 0) is 9.57 Å². The van der Waals surface area contributed by atoms with Crippen LogP contribution in [0.3, 0.4) is 0 Å². The fourth-order valence-electron chi connectivity index (χ4n) is 2.15. The summed E-state index contributed by atoms with van der Waals surface area (Å²) in [6.07, 6.45) is 0. The van der Waals surface area contributed by atoms with Crippen LogP contribution in [0.15, 0.2) is 39.5 Å². The van der Waals surface area contributed by atoms with Crippen LogP contribution in [0.5, 0.6) is 11.8 Å². The van der Waals surface area contributed by atoms with Crippen LogP contribution in [0.1, 0.15) is 22.8 Å². The maximum Gasteiger partial charge on any atom is 0.339 e. The molecule has 0 aliphatic heterocycles. The number of rotatable bonds is 7. The fraction of sp³-hybridized carbons (Fsp3) is 0.294. The van der Waals surface area contributed by atoms with Crippen molar-refractivity contribution in [3.63, 3.8) is 0 Å². The van der Waals surface area contributed by atoms with E-state index < -0.39 is 5.97 Å². The van der Waals surface area contributed by atoms with Crippen LogP contribution in [0.2, 0.25) is 0 Å². The second kappa shape index (κ2) is 9.04. The minimum Gasteiger partial charge on any atom is -0.481 e. The number of benzene rings is 1. The molecule has 2 rings (SSSR count). The van der Waals surface area contributed by atoms with Crippen LogP contribution in [0.4, 0.5) is 0 Å². The van der Waals surface area contributed by atoms with Crippen molar-refractivity contribution in [3.8, 4) is 11.8 Å². The zero-order chi connectivity index (χ0) is 19.1. The van der Waals surface area contributed by atoms with Crippen molar-refractivity contribution in [1.82, 2.24) is 9.97 Å². The van der Waals surface area contributed by atoms with Gasteiger partial charge in [-0.3, -0.25) is 0 Å². The summed E-state index contributed by atoms with van der Waals surface area (Å²) in [5.41, 5.74) is 1.49. The molecule has 0 aliphatic rings. The molecule has 0 aliphatic carbocycles. The SMILES string of the molecule is CO/N=C(\C)c1cccc(Sc2nc(OC)cc(OC)n2)c1C(=O)OC. The Morgan fingerprint density at radius 3 is 2.27 bits per heavy atom. The number of hydrogen-bond acceptors (Lipinski definition) is 9. The number of methoxy groups -OCH3 is 3. The molecule has 0 spiro atoms. The molecule has 0 N–H and O–H groups in total. The number of ether oxygens (including phenoxy) is 3. The molecule has 0 saturated carbocycles. The Bertz CT molecular complexity index is 804. The number of hydrogen-bond donors (Lipinski definition) is 0. The highest BCUT2D eigenvalue weighted by molar-refractivity contribution is 7.99. The number of oxime groups is 1. The van der Waals surface area contributed by atoms with Crippen molar-refractivity contribution in [2.24, 2.45) is 5.16 Å². The molecule has 0 bridgehead atoms. The van der Waals surface area contributed by atoms with Crippen LogP contribution < -0.4 is 9.47 Å². The van der Waals surface area contributed by atoms with Gasteiger partial charge in [-0.15, -0.1) is 0 Å². The van der Waals surface area contributed by atoms with Gasteiger partial charge >= 0.3 is 5.97 Å². The molecule has 1 aromatic heterocycles. The van der Waals surface area contributed by atoms with E-state index in [0.29, 0.717) is 38.7 Å². The molecule has 0 radical (unpaired) electrons. The summed E-state index contributed by atoms with van der Waals surface area (Å²) in [7, 11) is 5.76. The summed E-state index contributed by atoms with van der Waals surface area (Å²) in [6, 6.07) is 6.91. The van der Waals surface area contributed by atoms with Crippen molar-refractivity contribution in [2.75, 3.05) is 28.4 Å². The molecule has 1 aromatic carbocycles. The van der Waals surface area contributed by atoms with E-state index >= 15 is 0 Å². The Balaban J connectivity index is 2.54. The highest BCUT2D eigenvalue weighted by Gasteiger charge is 2.21. The quantitative estimate of drug-likeness (QED) is 0.315. The zero-order valence-corrected chi connectivity index (χ0v) is 15.9. The molecule has 1 heterocycles. The van der Waals surface area contributed by atoms with E-state index in [1.165, 1.54) is 40.2 Å². The zero-order valence-electron chi connectivity index (χ0n) is 15.1. The van der Waals surface area contributed by atoms with Crippen molar-refractivity contribution < 1.29 is 23.8 Å². The van der Waals surface area contributed by atoms with Gasteiger partial charge in [0.15, 0.2) is 5.16 Å². The second-order valence-electron chi connectivity index (χ2n) is 4.87. The standard InChI is InChI=1S/C17H19N3O5S/c1-10(20-25-5)11-7-6-8-12(15(11)16(21)24-4)26-17-18-13(22-2)9-14(19-17)23-3/h6-9H,1-5H3/b20-10+. The van der Waals surface area contributed by atoms with Crippen LogP contribution >= 0.6 is 11.8 Å². The third kappa shape index (κ3) is 4.42. The number of nitrogens with zero attached hydrogens (tertiary/aromatic N) is 3. The molecule has 0 unspecified atom stereocenters. The second-order valence-corrected chi connectivity index (χ2v) is 5.88. The number of esters is 1. The number of aromatic nitrogens is 2. The molecule has 26 heavy (non-hydrogen) atoms. The minimum atomic E-state index is -0.497. The molecule has 2 aromatic rings. The first kappa shape index (κ1) is 19.5. The van der Waals surface area contributed by atoms with E-state index in [9.17, 15) is 4.79 Å². The molecule has 138 valence electrons. The lowest BCUT2D eigenvalue weighted by molar-refractivity contribution is 0.0596. The summed E-state index contributed by atoms with van der Waals surface area (Å²) >= 11 is 1.19. The van der Waals surface area contributed by atoms with Gasteiger partial charge in [-0.05, 0) is 24.8 Å². The maximum absolute atomic E-state index is 12.4. The molecule has 0 saturated heterocycles. The van der Waals surface area contributed by atoms with E-state index in [1.807, 2.05) is 0 Å². The Hall–Kier alpha value is -2.81. The Kier molecular flexibility index (Phi) is 6.79. The van der Waals surface area contributed by atoms with Gasteiger partial charge in [0.2, 0.25) is 11.8 Å². The van der Waals surface area contributed by atoms with Gasteiger partial charge in [0.05, 0.1) is 38.7 Å². The van der Waals surface area contributed by atoms with E-state index in [4.69, 9.17) is 19.0 Å². The topological polar surface area (TPSA) is 92.1 Å². The summed E-state index contributed by atoms with van der Waals surface area (Å²) in [6.45, 7) is 1.74. The monoisotopic (exact) mass is 377 g/mol. The minimum absolute atomic E-state index is 0.351. The molecule has 0 fully saturated rings. The molecule has 0 amide bonds. The summed E-state index contributed by atoms with van der Waals surface area (Å²) < 4.78 is 15.2. The van der Waals surface area contributed by atoms with Crippen molar-refractivity contribution in [2.45, 2.75) is 17.0 Å². The smallest absolute Gasteiger partial charge is 0.339 e. The normalized spacial score (nSPS) is 11.0. The van der Waals surface area contributed by atoms with Gasteiger partial charge in [-0.1, -0.05) is 17.3 Å². The van der Waals surface area contributed by atoms with Crippen LogP contribution in [0, 0.1) is 0 Å². The van der Waals surface area contributed by atoms with Gasteiger partial charge in [-0.25, -0.2) is 4.79 Å². The Labute approximate surface area is 155 Å². The van der Waals surface area contributed by atoms with E-state index in [1.54, 1.807) is 31.2 Å². The lowest BCUT2D eigenvalue weighted by Crippen LogP contribution is -2.11. The van der Waals surface area contributed by atoms with Gasteiger partial charge in [-0.2, -0.15) is 9.97 Å². The number of carbonyl (C=O) groups is 1. The third-order valence-electron chi connectivity index (χ3n) is 3.31. The lowest BCUT2D eigenvalue weighted by atomic mass is 10.0. The van der Waals surface area contributed by atoms with Gasteiger partial charge in [0, 0.05) is 10.5 Å². The summed E-state index contributed by atoms with van der Waals surface area (Å²) in [5, 5.41) is 4.27. The Morgan fingerprint density at radius 1 is 1.08 bits per heavy atom. The molecular formula is C17H19N3O5S. The summed E-state index contributed by atoms with van der Waals surface area (Å²) in [5.74, 6) is 0.211. The largest absolute Gasteiger partial charge is 0.481 e. The predicted octanol–water partition coefficient (Wildman–Crippen LogP) is 2.80. The van der Waals surface area contributed by atoms with E-state index in [0.717, 1.165) is 0 Å². The van der Waals surface area contributed by atoms with E-state index in [2.05, 4.69) is 15.1 Å². The number of carbonyl (C=O) groups excluding carboxylic acids is 1. The lowest BCUT2D eigenvalue weighted by Gasteiger charge is -2.12. The maximum atomic E-state index is 12.4. The molecule has 0 atom stereocenters. The van der Waals surface area contributed by atoms with Crippen molar-refractivity contribution in [1.29, 1.82) is 0 Å². The average Bonchev–Trinajstić information content (AvgIpc) is 2.67. The predicted molar refractivity (Wildman–Crippen MR) is 96.3 cm³/mol. The average molecular weight is 377 g/mol. The van der Waals surface area contributed by atoms with Crippen LogP contribution in [0.25, 0.3) is 0 Å². The Morgan fingerprint density at radius 2 is 1.73 bits per heavy atom. The highest BCUT2D eigenvalue weighted by Crippen LogP contribution is 2.33. The van der Waals surface area contributed by atoms with Crippen molar-refractivity contribution >= 4 is 23.4 Å².